The van der Waals surface area contributed by atoms with Gasteiger partial charge in [-0.2, -0.15) is 0 Å². The number of para-hydroxylation sites is 1. The number of methoxy groups -OCH3 is 1. The lowest BCUT2D eigenvalue weighted by atomic mass is 10.0. The standard InChI is InChI=1S/C25H31NO5/c1-16(2)20-9-7-8-10-21(20)26-25(28)18(5)31-24(27)14-12-19-11-13-22(30-17(3)4)23(15-19)29-6/h7-18H,1-6H3,(H,26,28)/b14-12+/t18-/m1/s1. The molecule has 0 bridgehead atoms. The van der Waals surface area contributed by atoms with Crippen molar-refractivity contribution >= 4 is 23.6 Å². The molecule has 0 unspecified atom stereocenters. The van der Waals surface area contributed by atoms with Crippen molar-refractivity contribution in [1.29, 1.82) is 0 Å². The number of esters is 1. The molecule has 0 saturated heterocycles. The van der Waals surface area contributed by atoms with Gasteiger partial charge in [0.2, 0.25) is 0 Å². The number of nitrogens with one attached hydrogen (secondary N) is 1. The highest BCUT2D eigenvalue weighted by molar-refractivity contribution is 5.97. The van der Waals surface area contributed by atoms with Crippen LogP contribution in [-0.4, -0.2) is 31.2 Å². The van der Waals surface area contributed by atoms with Gasteiger partial charge in [0.1, 0.15) is 0 Å². The molecule has 0 aliphatic rings. The summed E-state index contributed by atoms with van der Waals surface area (Å²) in [7, 11) is 1.56. The van der Waals surface area contributed by atoms with Gasteiger partial charge in [-0.3, -0.25) is 4.79 Å². The Kier molecular flexibility index (Phi) is 8.67. The lowest BCUT2D eigenvalue weighted by Gasteiger charge is -2.16. The summed E-state index contributed by atoms with van der Waals surface area (Å²) < 4.78 is 16.3. The van der Waals surface area contributed by atoms with Gasteiger partial charge in [-0.15, -0.1) is 0 Å². The first-order chi connectivity index (χ1) is 14.7. The number of hydrogen-bond acceptors (Lipinski definition) is 5. The van der Waals surface area contributed by atoms with Gasteiger partial charge in [0.25, 0.3) is 5.91 Å². The molecule has 0 heterocycles. The Morgan fingerprint density at radius 2 is 1.68 bits per heavy atom. The maximum atomic E-state index is 12.5. The summed E-state index contributed by atoms with van der Waals surface area (Å²) in [6.07, 6.45) is 1.96. The Balaban J connectivity index is 1.99. The molecule has 6 nitrogen and oxygen atoms in total. The van der Waals surface area contributed by atoms with E-state index in [9.17, 15) is 9.59 Å². The minimum absolute atomic E-state index is 0.0189. The number of benzene rings is 2. The van der Waals surface area contributed by atoms with Gasteiger partial charge in [-0.1, -0.05) is 38.1 Å². The fraction of sp³-hybridized carbons (Fsp3) is 0.360. The van der Waals surface area contributed by atoms with E-state index in [1.54, 1.807) is 32.2 Å². The molecule has 0 fully saturated rings. The van der Waals surface area contributed by atoms with E-state index in [0.717, 1.165) is 16.8 Å². The van der Waals surface area contributed by atoms with E-state index in [4.69, 9.17) is 14.2 Å². The second kappa shape index (κ2) is 11.2. The first kappa shape index (κ1) is 24.0. The van der Waals surface area contributed by atoms with Crippen molar-refractivity contribution in [2.24, 2.45) is 0 Å². The van der Waals surface area contributed by atoms with Gasteiger partial charge in [0.15, 0.2) is 17.6 Å². The van der Waals surface area contributed by atoms with Crippen LogP contribution in [0.15, 0.2) is 48.5 Å². The van der Waals surface area contributed by atoms with Crippen LogP contribution in [0, 0.1) is 0 Å². The Labute approximate surface area is 184 Å². The zero-order valence-electron chi connectivity index (χ0n) is 19.0. The van der Waals surface area contributed by atoms with Crippen molar-refractivity contribution in [3.63, 3.8) is 0 Å². The Morgan fingerprint density at radius 1 is 0.968 bits per heavy atom. The summed E-state index contributed by atoms with van der Waals surface area (Å²) in [5.74, 6) is 0.463. The zero-order chi connectivity index (χ0) is 23.0. The smallest absolute Gasteiger partial charge is 0.331 e. The molecule has 1 N–H and O–H groups in total. The van der Waals surface area contributed by atoms with Gasteiger partial charge < -0.3 is 19.5 Å². The Hall–Kier alpha value is -3.28. The van der Waals surface area contributed by atoms with Crippen LogP contribution in [0.5, 0.6) is 11.5 Å². The number of ether oxygens (including phenoxy) is 3. The van der Waals surface area contributed by atoms with Crippen molar-refractivity contribution in [2.45, 2.75) is 52.7 Å². The van der Waals surface area contributed by atoms with Crippen molar-refractivity contribution in [1.82, 2.24) is 0 Å². The van der Waals surface area contributed by atoms with E-state index in [0.29, 0.717) is 11.5 Å². The average molecular weight is 426 g/mol. The molecule has 0 aliphatic heterocycles. The second-order valence-electron chi connectivity index (χ2n) is 7.72. The van der Waals surface area contributed by atoms with Crippen LogP contribution >= 0.6 is 0 Å². The molecule has 31 heavy (non-hydrogen) atoms. The molecular formula is C25H31NO5. The number of rotatable bonds is 9. The summed E-state index contributed by atoms with van der Waals surface area (Å²) in [6.45, 7) is 9.51. The lowest BCUT2D eigenvalue weighted by Crippen LogP contribution is -2.29. The highest BCUT2D eigenvalue weighted by Gasteiger charge is 2.18. The van der Waals surface area contributed by atoms with Crippen LogP contribution < -0.4 is 14.8 Å². The van der Waals surface area contributed by atoms with Gasteiger partial charge in [-0.05, 0) is 62.1 Å². The molecular weight excluding hydrogens is 394 g/mol. The molecule has 1 atom stereocenters. The first-order valence-electron chi connectivity index (χ1n) is 10.3. The summed E-state index contributed by atoms with van der Waals surface area (Å²) >= 11 is 0. The fourth-order valence-electron chi connectivity index (χ4n) is 2.92. The second-order valence-corrected chi connectivity index (χ2v) is 7.72. The monoisotopic (exact) mass is 425 g/mol. The molecule has 0 aromatic heterocycles. The Morgan fingerprint density at radius 3 is 2.32 bits per heavy atom. The van der Waals surface area contributed by atoms with Gasteiger partial charge >= 0.3 is 5.97 Å². The maximum Gasteiger partial charge on any atom is 0.331 e. The van der Waals surface area contributed by atoms with E-state index < -0.39 is 12.1 Å². The molecule has 2 aromatic carbocycles. The molecule has 0 spiro atoms. The summed E-state index contributed by atoms with van der Waals surface area (Å²) in [5.41, 5.74) is 2.48. The molecule has 2 aromatic rings. The van der Waals surface area contributed by atoms with E-state index in [1.165, 1.54) is 6.08 Å². The predicted molar refractivity (Wildman–Crippen MR) is 123 cm³/mol. The molecule has 2 rings (SSSR count). The van der Waals surface area contributed by atoms with Crippen LogP contribution in [0.3, 0.4) is 0 Å². The van der Waals surface area contributed by atoms with Crippen molar-refractivity contribution in [3.8, 4) is 11.5 Å². The quantitative estimate of drug-likeness (QED) is 0.442. The van der Waals surface area contributed by atoms with Crippen molar-refractivity contribution < 1.29 is 23.8 Å². The SMILES string of the molecule is COc1cc(/C=C/C(=O)O[C@H](C)C(=O)Nc2ccccc2C(C)C)ccc1OC(C)C. The molecule has 0 aliphatic carbocycles. The highest BCUT2D eigenvalue weighted by Crippen LogP contribution is 2.29. The number of anilines is 1. The van der Waals surface area contributed by atoms with Gasteiger partial charge in [-0.25, -0.2) is 4.79 Å². The number of amides is 1. The van der Waals surface area contributed by atoms with Gasteiger partial charge in [0.05, 0.1) is 13.2 Å². The van der Waals surface area contributed by atoms with Crippen LogP contribution in [0.2, 0.25) is 0 Å². The highest BCUT2D eigenvalue weighted by atomic mass is 16.5. The van der Waals surface area contributed by atoms with Crippen molar-refractivity contribution in [3.05, 3.63) is 59.7 Å². The largest absolute Gasteiger partial charge is 0.493 e. The number of hydrogen-bond donors (Lipinski definition) is 1. The van der Waals surface area contributed by atoms with Crippen LogP contribution in [0.4, 0.5) is 5.69 Å². The topological polar surface area (TPSA) is 73.9 Å². The molecule has 0 radical (unpaired) electrons. The average Bonchev–Trinajstić information content (AvgIpc) is 2.72. The number of carbonyl (C=O) groups is 2. The third kappa shape index (κ3) is 7.17. The molecule has 6 heteroatoms. The zero-order valence-corrected chi connectivity index (χ0v) is 19.0. The molecule has 1 amide bonds. The summed E-state index contributed by atoms with van der Waals surface area (Å²) in [6, 6.07) is 12.9. The van der Waals surface area contributed by atoms with Crippen LogP contribution in [-0.2, 0) is 14.3 Å². The molecule has 0 saturated carbocycles. The molecule has 166 valence electrons. The fourth-order valence-corrected chi connectivity index (χ4v) is 2.92. The van der Waals surface area contributed by atoms with Crippen LogP contribution in [0.1, 0.15) is 51.7 Å². The maximum absolute atomic E-state index is 12.5. The Bertz CT molecular complexity index is 933. The third-order valence-electron chi connectivity index (χ3n) is 4.47. The van der Waals surface area contributed by atoms with Crippen molar-refractivity contribution in [2.75, 3.05) is 12.4 Å². The predicted octanol–water partition coefficient (Wildman–Crippen LogP) is 5.19. The minimum Gasteiger partial charge on any atom is -0.493 e. The van der Waals surface area contributed by atoms with Gasteiger partial charge in [0, 0.05) is 11.8 Å². The van der Waals surface area contributed by atoms with E-state index in [2.05, 4.69) is 19.2 Å². The number of carbonyl (C=O) groups excluding carboxylic acids is 2. The summed E-state index contributed by atoms with van der Waals surface area (Å²) in [5, 5.41) is 2.84. The minimum atomic E-state index is -0.936. The van der Waals surface area contributed by atoms with E-state index >= 15 is 0 Å². The third-order valence-corrected chi connectivity index (χ3v) is 4.47. The summed E-state index contributed by atoms with van der Waals surface area (Å²) in [4.78, 5) is 24.6. The van der Waals surface area contributed by atoms with Crippen LogP contribution in [0.25, 0.3) is 6.08 Å². The van der Waals surface area contributed by atoms with E-state index in [1.807, 2.05) is 44.2 Å². The first-order valence-corrected chi connectivity index (χ1v) is 10.3. The van der Waals surface area contributed by atoms with E-state index in [-0.39, 0.29) is 17.9 Å². The normalized spacial score (nSPS) is 12.1. The lowest BCUT2D eigenvalue weighted by molar-refractivity contribution is -0.148.